The topological polar surface area (TPSA) is 101 Å². The number of ether oxygens (including phenoxy) is 1. The summed E-state index contributed by atoms with van der Waals surface area (Å²) in [5.41, 5.74) is -2.93. The van der Waals surface area contributed by atoms with Crippen LogP contribution in [0.5, 0.6) is 0 Å². The predicted molar refractivity (Wildman–Crippen MR) is 67.6 cm³/mol. The molecule has 0 saturated carbocycles. The first-order valence-corrected chi connectivity index (χ1v) is 6.22. The summed E-state index contributed by atoms with van der Waals surface area (Å²) in [6, 6.07) is 0. The second kappa shape index (κ2) is 6.04. The lowest BCUT2D eigenvalue weighted by atomic mass is 9.71. The van der Waals surface area contributed by atoms with Crippen LogP contribution in [0.2, 0.25) is 0 Å². The number of hydrogen-bond acceptors (Lipinski definition) is 4. The summed E-state index contributed by atoms with van der Waals surface area (Å²) >= 11 is 0. The van der Waals surface area contributed by atoms with Crippen molar-refractivity contribution in [3.8, 4) is 0 Å². The second-order valence-electron chi connectivity index (χ2n) is 5.43. The SMILES string of the molecule is CCC(C(=O)OC(C)(C)C)C(CC)(C(=O)O)C(=O)O. The number of carbonyl (C=O) groups excluding carboxylic acids is 1. The van der Waals surface area contributed by atoms with E-state index in [1.54, 1.807) is 27.7 Å². The lowest BCUT2D eigenvalue weighted by Crippen LogP contribution is -2.49. The minimum absolute atomic E-state index is 0.0847. The van der Waals surface area contributed by atoms with E-state index in [0.29, 0.717) is 0 Å². The average molecular weight is 274 g/mol. The molecule has 0 aromatic carbocycles. The Morgan fingerprint density at radius 1 is 1.05 bits per heavy atom. The summed E-state index contributed by atoms with van der Waals surface area (Å²) in [7, 11) is 0. The summed E-state index contributed by atoms with van der Waals surface area (Å²) in [5, 5.41) is 18.5. The molecule has 0 saturated heterocycles. The van der Waals surface area contributed by atoms with E-state index in [2.05, 4.69) is 0 Å². The molecule has 0 amide bonds. The maximum Gasteiger partial charge on any atom is 0.321 e. The third kappa shape index (κ3) is 3.68. The highest BCUT2D eigenvalue weighted by Crippen LogP contribution is 2.36. The summed E-state index contributed by atoms with van der Waals surface area (Å²) in [6.07, 6.45) is -0.100. The van der Waals surface area contributed by atoms with E-state index in [-0.39, 0.29) is 12.8 Å². The molecule has 6 nitrogen and oxygen atoms in total. The zero-order valence-corrected chi connectivity index (χ0v) is 12.0. The fourth-order valence-electron chi connectivity index (χ4n) is 2.03. The molecule has 0 heterocycles. The number of carboxylic acid groups (broad SMARTS) is 2. The van der Waals surface area contributed by atoms with Gasteiger partial charge >= 0.3 is 17.9 Å². The first-order chi connectivity index (χ1) is 8.52. The van der Waals surface area contributed by atoms with E-state index in [1.807, 2.05) is 0 Å². The van der Waals surface area contributed by atoms with Crippen molar-refractivity contribution in [2.24, 2.45) is 11.3 Å². The Hall–Kier alpha value is -1.59. The lowest BCUT2D eigenvalue weighted by Gasteiger charge is -2.32. The van der Waals surface area contributed by atoms with Crippen LogP contribution >= 0.6 is 0 Å². The van der Waals surface area contributed by atoms with Crippen molar-refractivity contribution in [2.45, 2.75) is 53.1 Å². The van der Waals surface area contributed by atoms with Gasteiger partial charge in [-0.15, -0.1) is 0 Å². The van der Waals surface area contributed by atoms with Crippen molar-refractivity contribution in [3.05, 3.63) is 0 Å². The van der Waals surface area contributed by atoms with Crippen LogP contribution in [0.25, 0.3) is 0 Å². The third-order valence-electron chi connectivity index (χ3n) is 3.02. The fourth-order valence-corrected chi connectivity index (χ4v) is 2.03. The lowest BCUT2D eigenvalue weighted by molar-refractivity contribution is -0.183. The van der Waals surface area contributed by atoms with Gasteiger partial charge in [-0.2, -0.15) is 0 Å². The number of hydrogen-bond donors (Lipinski definition) is 2. The monoisotopic (exact) mass is 274 g/mol. The molecule has 0 aliphatic rings. The second-order valence-corrected chi connectivity index (χ2v) is 5.43. The van der Waals surface area contributed by atoms with Crippen molar-refractivity contribution in [1.29, 1.82) is 0 Å². The van der Waals surface area contributed by atoms with Gasteiger partial charge in [0.2, 0.25) is 0 Å². The standard InChI is InChI=1S/C13H22O6/c1-6-8(9(14)19-12(3,4)5)13(7-2,10(15)16)11(17)18/h8H,6-7H2,1-5H3,(H,15,16)(H,17,18). The van der Waals surface area contributed by atoms with E-state index in [9.17, 15) is 24.6 Å². The Morgan fingerprint density at radius 2 is 1.47 bits per heavy atom. The van der Waals surface area contributed by atoms with Crippen LogP contribution < -0.4 is 0 Å². The molecule has 2 N–H and O–H groups in total. The van der Waals surface area contributed by atoms with E-state index in [4.69, 9.17) is 4.74 Å². The molecule has 0 fully saturated rings. The van der Waals surface area contributed by atoms with Gasteiger partial charge in [0.1, 0.15) is 5.60 Å². The quantitative estimate of drug-likeness (QED) is 0.567. The van der Waals surface area contributed by atoms with Crippen molar-refractivity contribution in [2.75, 3.05) is 0 Å². The fraction of sp³-hybridized carbons (Fsp3) is 0.769. The van der Waals surface area contributed by atoms with Gasteiger partial charge in [0.25, 0.3) is 0 Å². The van der Waals surface area contributed by atoms with Gasteiger partial charge in [-0.05, 0) is 33.6 Å². The predicted octanol–water partition coefficient (Wildman–Crippen LogP) is 1.92. The molecule has 0 aliphatic heterocycles. The highest BCUT2D eigenvalue weighted by molar-refractivity contribution is 6.02. The minimum atomic E-state index is -2.14. The molecular formula is C13H22O6. The minimum Gasteiger partial charge on any atom is -0.480 e. The van der Waals surface area contributed by atoms with Gasteiger partial charge in [0, 0.05) is 0 Å². The van der Waals surface area contributed by atoms with Crippen LogP contribution in [-0.4, -0.2) is 33.7 Å². The van der Waals surface area contributed by atoms with Crippen LogP contribution in [-0.2, 0) is 19.1 Å². The maximum atomic E-state index is 12.1. The number of carbonyl (C=O) groups is 3. The zero-order chi connectivity index (χ0) is 15.4. The average Bonchev–Trinajstić information content (AvgIpc) is 2.21. The van der Waals surface area contributed by atoms with Gasteiger partial charge in [-0.3, -0.25) is 14.4 Å². The van der Waals surface area contributed by atoms with Gasteiger partial charge in [0.05, 0.1) is 5.92 Å². The molecule has 0 bridgehead atoms. The molecule has 0 aliphatic carbocycles. The molecule has 1 unspecified atom stereocenters. The molecule has 19 heavy (non-hydrogen) atoms. The van der Waals surface area contributed by atoms with Gasteiger partial charge in [0.15, 0.2) is 5.41 Å². The Morgan fingerprint density at radius 3 is 1.68 bits per heavy atom. The highest BCUT2D eigenvalue weighted by atomic mass is 16.6. The van der Waals surface area contributed by atoms with Crippen LogP contribution in [0.3, 0.4) is 0 Å². The van der Waals surface area contributed by atoms with Crippen molar-refractivity contribution in [1.82, 2.24) is 0 Å². The van der Waals surface area contributed by atoms with Gasteiger partial charge in [-0.1, -0.05) is 13.8 Å². The van der Waals surface area contributed by atoms with E-state index < -0.39 is 34.8 Å². The van der Waals surface area contributed by atoms with E-state index in [0.717, 1.165) is 0 Å². The number of rotatable bonds is 6. The van der Waals surface area contributed by atoms with Crippen molar-refractivity contribution < 1.29 is 29.3 Å². The highest BCUT2D eigenvalue weighted by Gasteiger charge is 2.55. The molecule has 6 heteroatoms. The van der Waals surface area contributed by atoms with Gasteiger partial charge in [-0.25, -0.2) is 0 Å². The van der Waals surface area contributed by atoms with Gasteiger partial charge < -0.3 is 14.9 Å². The summed E-state index contributed by atoms with van der Waals surface area (Å²) < 4.78 is 5.13. The third-order valence-corrected chi connectivity index (χ3v) is 3.02. The van der Waals surface area contributed by atoms with Crippen LogP contribution in [0, 0.1) is 11.3 Å². The van der Waals surface area contributed by atoms with Crippen LogP contribution in [0.4, 0.5) is 0 Å². The van der Waals surface area contributed by atoms with E-state index >= 15 is 0 Å². The number of aliphatic carboxylic acids is 2. The first kappa shape index (κ1) is 17.4. The molecule has 0 spiro atoms. The summed E-state index contributed by atoms with van der Waals surface area (Å²) in [4.78, 5) is 34.8. The van der Waals surface area contributed by atoms with E-state index in [1.165, 1.54) is 6.92 Å². The Bertz CT molecular complexity index is 352. The molecule has 0 rings (SSSR count). The molecule has 0 radical (unpaired) electrons. The molecule has 0 aromatic rings. The number of esters is 1. The summed E-state index contributed by atoms with van der Waals surface area (Å²) in [6.45, 7) is 7.95. The molecule has 0 aromatic heterocycles. The Kier molecular flexibility index (Phi) is 5.53. The molecular weight excluding hydrogens is 252 g/mol. The molecule has 110 valence electrons. The molecule has 1 atom stereocenters. The zero-order valence-electron chi connectivity index (χ0n) is 12.0. The first-order valence-electron chi connectivity index (χ1n) is 6.22. The maximum absolute atomic E-state index is 12.1. The number of carboxylic acids is 2. The normalized spacial score (nSPS) is 13.7. The smallest absolute Gasteiger partial charge is 0.321 e. The Balaban J connectivity index is 5.57. The van der Waals surface area contributed by atoms with Crippen molar-refractivity contribution >= 4 is 17.9 Å². The van der Waals surface area contributed by atoms with Crippen molar-refractivity contribution in [3.63, 3.8) is 0 Å². The summed E-state index contributed by atoms with van der Waals surface area (Å²) in [5.74, 6) is -5.03. The largest absolute Gasteiger partial charge is 0.480 e. The van der Waals surface area contributed by atoms with Crippen LogP contribution in [0.1, 0.15) is 47.5 Å². The Labute approximate surface area is 112 Å². The van der Waals surface area contributed by atoms with Crippen LogP contribution in [0.15, 0.2) is 0 Å².